The SMILES string of the molecule is Cc1cc(C2(CC(=O)O)CC2)c(F)c(O)c1O. The number of halogens is 1. The normalized spacial score (nSPS) is 16.8. The third kappa shape index (κ3) is 1.81. The zero-order chi connectivity index (χ0) is 12.8. The lowest BCUT2D eigenvalue weighted by atomic mass is 9.90. The molecule has 1 aliphatic carbocycles. The van der Waals surface area contributed by atoms with Gasteiger partial charge < -0.3 is 15.3 Å². The van der Waals surface area contributed by atoms with Crippen molar-refractivity contribution in [2.45, 2.75) is 31.6 Å². The molecule has 0 unspecified atom stereocenters. The number of hydrogen-bond donors (Lipinski definition) is 3. The minimum Gasteiger partial charge on any atom is -0.504 e. The number of carboxylic acid groups (broad SMARTS) is 1. The first kappa shape index (κ1) is 11.7. The maximum atomic E-state index is 13.8. The topological polar surface area (TPSA) is 77.8 Å². The van der Waals surface area contributed by atoms with Gasteiger partial charge in [0.15, 0.2) is 17.3 Å². The van der Waals surface area contributed by atoms with Gasteiger partial charge in [-0.2, -0.15) is 0 Å². The first-order valence-electron chi connectivity index (χ1n) is 5.31. The fourth-order valence-corrected chi connectivity index (χ4v) is 2.13. The van der Waals surface area contributed by atoms with Crippen LogP contribution in [0.15, 0.2) is 6.07 Å². The molecule has 0 atom stereocenters. The zero-order valence-corrected chi connectivity index (χ0v) is 9.33. The summed E-state index contributed by atoms with van der Waals surface area (Å²) in [7, 11) is 0. The predicted molar refractivity (Wildman–Crippen MR) is 57.6 cm³/mol. The number of phenolic OH excluding ortho intramolecular Hbond substituents is 2. The van der Waals surface area contributed by atoms with Crippen LogP contribution in [0.1, 0.15) is 30.4 Å². The molecule has 4 nitrogen and oxygen atoms in total. The summed E-state index contributed by atoms with van der Waals surface area (Å²) >= 11 is 0. The van der Waals surface area contributed by atoms with Gasteiger partial charge in [-0.15, -0.1) is 0 Å². The Hall–Kier alpha value is -1.78. The number of aliphatic carboxylic acids is 1. The highest BCUT2D eigenvalue weighted by molar-refractivity contribution is 5.70. The maximum absolute atomic E-state index is 13.8. The minimum absolute atomic E-state index is 0.159. The molecule has 0 bridgehead atoms. The van der Waals surface area contributed by atoms with Crippen molar-refractivity contribution in [3.63, 3.8) is 0 Å². The van der Waals surface area contributed by atoms with Gasteiger partial charge in [0.2, 0.25) is 0 Å². The molecule has 0 radical (unpaired) electrons. The summed E-state index contributed by atoms with van der Waals surface area (Å²) < 4.78 is 13.8. The highest BCUT2D eigenvalue weighted by Crippen LogP contribution is 2.54. The Morgan fingerprint density at radius 1 is 1.41 bits per heavy atom. The van der Waals surface area contributed by atoms with Gasteiger partial charge in [0.05, 0.1) is 6.42 Å². The third-order valence-electron chi connectivity index (χ3n) is 3.32. The molecule has 0 spiro atoms. The van der Waals surface area contributed by atoms with Crippen LogP contribution in [-0.4, -0.2) is 21.3 Å². The molecule has 1 aliphatic rings. The summed E-state index contributed by atoms with van der Waals surface area (Å²) in [5.74, 6) is -3.19. The fraction of sp³-hybridized carbons (Fsp3) is 0.417. The monoisotopic (exact) mass is 240 g/mol. The van der Waals surface area contributed by atoms with Crippen LogP contribution in [0.3, 0.4) is 0 Å². The first-order valence-corrected chi connectivity index (χ1v) is 5.31. The molecule has 1 fully saturated rings. The highest BCUT2D eigenvalue weighted by Gasteiger charge is 2.48. The van der Waals surface area contributed by atoms with E-state index in [-0.39, 0.29) is 12.0 Å². The molecule has 1 saturated carbocycles. The Morgan fingerprint density at radius 3 is 2.47 bits per heavy atom. The molecular weight excluding hydrogens is 227 g/mol. The van der Waals surface area contributed by atoms with Crippen molar-refractivity contribution >= 4 is 5.97 Å². The second kappa shape index (κ2) is 3.61. The number of rotatable bonds is 3. The average Bonchev–Trinajstić information content (AvgIpc) is 3.00. The van der Waals surface area contributed by atoms with E-state index < -0.39 is 28.7 Å². The van der Waals surface area contributed by atoms with E-state index in [0.29, 0.717) is 18.4 Å². The molecule has 0 heterocycles. The molecule has 92 valence electrons. The number of phenols is 2. The molecular formula is C12H13FO4. The Morgan fingerprint density at radius 2 is 2.00 bits per heavy atom. The molecule has 1 aromatic carbocycles. The van der Waals surface area contributed by atoms with Gasteiger partial charge in [0.25, 0.3) is 0 Å². The average molecular weight is 240 g/mol. The summed E-state index contributed by atoms with van der Waals surface area (Å²) in [5, 5.41) is 27.6. The summed E-state index contributed by atoms with van der Waals surface area (Å²) in [5.41, 5.74) is -0.186. The largest absolute Gasteiger partial charge is 0.504 e. The van der Waals surface area contributed by atoms with Crippen LogP contribution in [0.5, 0.6) is 11.5 Å². The Kier molecular flexibility index (Phi) is 2.49. The van der Waals surface area contributed by atoms with E-state index in [0.717, 1.165) is 0 Å². The van der Waals surface area contributed by atoms with Gasteiger partial charge in [-0.25, -0.2) is 4.39 Å². The Labute approximate surface area is 97.3 Å². The second-order valence-corrected chi connectivity index (χ2v) is 4.60. The third-order valence-corrected chi connectivity index (χ3v) is 3.32. The van der Waals surface area contributed by atoms with Crippen molar-refractivity contribution in [3.05, 3.63) is 23.0 Å². The van der Waals surface area contributed by atoms with Crippen molar-refractivity contribution < 1.29 is 24.5 Å². The van der Waals surface area contributed by atoms with E-state index in [1.807, 2.05) is 0 Å². The van der Waals surface area contributed by atoms with Crippen molar-refractivity contribution in [2.24, 2.45) is 0 Å². The van der Waals surface area contributed by atoms with E-state index in [4.69, 9.17) is 5.11 Å². The molecule has 1 aromatic rings. The van der Waals surface area contributed by atoms with Gasteiger partial charge in [0, 0.05) is 5.41 Å². The standard InChI is InChI=1S/C12H13FO4/c1-6-4-7(9(13)11(17)10(6)16)12(2-3-12)5-8(14)15/h4,16-17H,2-3,5H2,1H3,(H,14,15). The first-order chi connectivity index (χ1) is 7.87. The summed E-state index contributed by atoms with van der Waals surface area (Å²) in [4.78, 5) is 10.7. The number of hydrogen-bond acceptors (Lipinski definition) is 3. The van der Waals surface area contributed by atoms with Crippen LogP contribution in [-0.2, 0) is 10.2 Å². The van der Waals surface area contributed by atoms with Crippen molar-refractivity contribution in [1.29, 1.82) is 0 Å². The molecule has 2 rings (SSSR count). The molecule has 0 aliphatic heterocycles. The van der Waals surface area contributed by atoms with Gasteiger partial charge in [-0.3, -0.25) is 4.79 Å². The number of carboxylic acids is 1. The number of benzene rings is 1. The van der Waals surface area contributed by atoms with E-state index >= 15 is 0 Å². The maximum Gasteiger partial charge on any atom is 0.304 e. The zero-order valence-electron chi connectivity index (χ0n) is 9.33. The number of carbonyl (C=O) groups is 1. The minimum atomic E-state index is -0.993. The van der Waals surface area contributed by atoms with Crippen LogP contribution >= 0.6 is 0 Å². The lowest BCUT2D eigenvalue weighted by molar-refractivity contribution is -0.137. The lowest BCUT2D eigenvalue weighted by Gasteiger charge is -2.16. The molecule has 0 aromatic heterocycles. The summed E-state index contributed by atoms with van der Waals surface area (Å²) in [6.07, 6.45) is 1.01. The quantitative estimate of drug-likeness (QED) is 0.706. The predicted octanol–water partition coefficient (Wildman–Crippen LogP) is 2.05. The molecule has 0 saturated heterocycles. The summed E-state index contributed by atoms with van der Waals surface area (Å²) in [6, 6.07) is 1.42. The van der Waals surface area contributed by atoms with Crippen LogP contribution in [0, 0.1) is 12.7 Å². The smallest absolute Gasteiger partial charge is 0.304 e. The van der Waals surface area contributed by atoms with E-state index in [2.05, 4.69) is 0 Å². The molecule has 0 amide bonds. The highest BCUT2D eigenvalue weighted by atomic mass is 19.1. The van der Waals surface area contributed by atoms with Gasteiger partial charge in [-0.1, -0.05) is 0 Å². The second-order valence-electron chi connectivity index (χ2n) is 4.60. The van der Waals surface area contributed by atoms with Gasteiger partial charge in [0.1, 0.15) is 0 Å². The lowest BCUT2D eigenvalue weighted by Crippen LogP contribution is -2.15. The van der Waals surface area contributed by atoms with Crippen molar-refractivity contribution in [2.75, 3.05) is 0 Å². The van der Waals surface area contributed by atoms with Crippen LogP contribution in [0.25, 0.3) is 0 Å². The Balaban J connectivity index is 2.50. The van der Waals surface area contributed by atoms with E-state index in [1.54, 1.807) is 0 Å². The Bertz CT molecular complexity index is 492. The molecule has 17 heavy (non-hydrogen) atoms. The van der Waals surface area contributed by atoms with Crippen LogP contribution in [0.4, 0.5) is 4.39 Å². The van der Waals surface area contributed by atoms with E-state index in [1.165, 1.54) is 13.0 Å². The van der Waals surface area contributed by atoms with Crippen molar-refractivity contribution in [3.8, 4) is 11.5 Å². The number of aromatic hydroxyl groups is 2. The van der Waals surface area contributed by atoms with Crippen LogP contribution < -0.4 is 0 Å². The fourth-order valence-electron chi connectivity index (χ4n) is 2.13. The molecule has 5 heteroatoms. The van der Waals surface area contributed by atoms with Gasteiger partial charge >= 0.3 is 5.97 Å². The van der Waals surface area contributed by atoms with E-state index in [9.17, 15) is 19.4 Å². The number of aryl methyl sites for hydroxylation is 1. The summed E-state index contributed by atoms with van der Waals surface area (Å²) in [6.45, 7) is 1.54. The van der Waals surface area contributed by atoms with Gasteiger partial charge in [-0.05, 0) is 37.0 Å². The molecule has 3 N–H and O–H groups in total. The van der Waals surface area contributed by atoms with Crippen LogP contribution in [0.2, 0.25) is 0 Å². The van der Waals surface area contributed by atoms with Crippen molar-refractivity contribution in [1.82, 2.24) is 0 Å².